The van der Waals surface area contributed by atoms with Gasteiger partial charge >= 0.3 is 0 Å². The third kappa shape index (κ3) is 4.69. The first-order valence-corrected chi connectivity index (χ1v) is 11.7. The minimum Gasteiger partial charge on any atom is -0.326 e. The molecule has 0 saturated carbocycles. The van der Waals surface area contributed by atoms with Crippen molar-refractivity contribution in [3.63, 3.8) is 0 Å². The highest BCUT2D eigenvalue weighted by Crippen LogP contribution is 2.18. The molecule has 1 aromatic heterocycles. The van der Waals surface area contributed by atoms with E-state index in [2.05, 4.69) is 15.0 Å². The number of aromatic nitrogens is 2. The molecule has 0 bridgehead atoms. The second-order valence-electron chi connectivity index (χ2n) is 7.50. The van der Waals surface area contributed by atoms with Crippen molar-refractivity contribution in [1.82, 2.24) is 14.3 Å². The van der Waals surface area contributed by atoms with Crippen molar-refractivity contribution in [3.05, 3.63) is 94.5 Å². The highest BCUT2D eigenvalue weighted by atomic mass is 32.2. The van der Waals surface area contributed by atoms with Gasteiger partial charge in [-0.1, -0.05) is 30.3 Å². The fraction of sp³-hybridized carbons (Fsp3) is 0.125. The lowest BCUT2D eigenvalue weighted by Crippen LogP contribution is -2.30. The Morgan fingerprint density at radius 1 is 0.970 bits per heavy atom. The fourth-order valence-corrected chi connectivity index (χ4v) is 4.50. The molecular weight excluding hydrogens is 440 g/mol. The minimum atomic E-state index is -3.90. The van der Waals surface area contributed by atoms with Gasteiger partial charge in [0.2, 0.25) is 15.9 Å². The van der Waals surface area contributed by atoms with E-state index in [9.17, 15) is 18.0 Å². The maximum atomic E-state index is 13.3. The molecule has 4 rings (SSSR count). The zero-order valence-electron chi connectivity index (χ0n) is 18.1. The lowest BCUT2D eigenvalue weighted by atomic mass is 10.2. The number of para-hydroxylation sites is 2. The molecule has 0 saturated heterocycles. The van der Waals surface area contributed by atoms with E-state index < -0.39 is 10.0 Å². The van der Waals surface area contributed by atoms with Crippen molar-refractivity contribution in [2.45, 2.75) is 25.3 Å². The van der Waals surface area contributed by atoms with Crippen LogP contribution in [0.1, 0.15) is 18.3 Å². The van der Waals surface area contributed by atoms with Crippen molar-refractivity contribution in [2.24, 2.45) is 0 Å². The van der Waals surface area contributed by atoms with Crippen molar-refractivity contribution in [2.75, 3.05) is 5.32 Å². The topological polar surface area (TPSA) is 110 Å². The Morgan fingerprint density at radius 3 is 2.33 bits per heavy atom. The van der Waals surface area contributed by atoms with E-state index in [0.717, 1.165) is 5.56 Å². The first-order chi connectivity index (χ1) is 15.8. The Bertz CT molecular complexity index is 1510. The first-order valence-electron chi connectivity index (χ1n) is 10.2. The molecule has 2 N–H and O–H groups in total. The molecule has 0 fully saturated rings. The molecule has 9 heteroatoms. The van der Waals surface area contributed by atoms with Gasteiger partial charge in [-0.3, -0.25) is 14.2 Å². The Labute approximate surface area is 191 Å². The number of aryl methyl sites for hydroxylation is 1. The van der Waals surface area contributed by atoms with Gasteiger partial charge in [0.15, 0.2) is 0 Å². The molecule has 4 aromatic rings. The summed E-state index contributed by atoms with van der Waals surface area (Å²) in [5.74, 6) is 0.0201. The van der Waals surface area contributed by atoms with Crippen LogP contribution in [0.4, 0.5) is 5.69 Å². The van der Waals surface area contributed by atoms with Crippen LogP contribution in [0.25, 0.3) is 16.6 Å². The Balaban J connectivity index is 1.73. The zero-order valence-corrected chi connectivity index (χ0v) is 18.9. The monoisotopic (exact) mass is 462 g/mol. The molecule has 1 heterocycles. The Hall–Kier alpha value is -3.82. The van der Waals surface area contributed by atoms with E-state index in [1.807, 2.05) is 25.1 Å². The van der Waals surface area contributed by atoms with Gasteiger partial charge in [0, 0.05) is 12.6 Å². The molecule has 33 heavy (non-hydrogen) atoms. The van der Waals surface area contributed by atoms with Crippen molar-refractivity contribution < 1.29 is 13.2 Å². The summed E-state index contributed by atoms with van der Waals surface area (Å²) in [4.78, 5) is 29.1. The quantitative estimate of drug-likeness (QED) is 0.457. The van der Waals surface area contributed by atoms with Crippen molar-refractivity contribution in [3.8, 4) is 5.69 Å². The maximum Gasteiger partial charge on any atom is 0.266 e. The number of fused-ring (bicyclic) bond motifs is 1. The predicted octanol–water partition coefficient (Wildman–Crippen LogP) is 3.13. The third-order valence-corrected chi connectivity index (χ3v) is 6.52. The van der Waals surface area contributed by atoms with Crippen LogP contribution in [0.5, 0.6) is 0 Å². The summed E-state index contributed by atoms with van der Waals surface area (Å²) in [7, 11) is -3.90. The lowest BCUT2D eigenvalue weighted by molar-refractivity contribution is -0.114. The summed E-state index contributed by atoms with van der Waals surface area (Å²) < 4.78 is 29.8. The summed E-state index contributed by atoms with van der Waals surface area (Å²) in [5.41, 5.74) is 2.19. The second-order valence-corrected chi connectivity index (χ2v) is 9.27. The minimum absolute atomic E-state index is 0.0298. The van der Waals surface area contributed by atoms with Crippen molar-refractivity contribution >= 4 is 32.5 Å². The van der Waals surface area contributed by atoms with Crippen LogP contribution in [0.2, 0.25) is 0 Å². The highest BCUT2D eigenvalue weighted by Gasteiger charge is 2.18. The molecular formula is C24H22N4O4S. The molecule has 0 aliphatic carbocycles. The van der Waals surface area contributed by atoms with E-state index >= 15 is 0 Å². The number of hydrogen-bond donors (Lipinski definition) is 2. The molecule has 3 aromatic carbocycles. The van der Waals surface area contributed by atoms with Crippen LogP contribution in [0.15, 0.2) is 82.5 Å². The van der Waals surface area contributed by atoms with Gasteiger partial charge in [-0.25, -0.2) is 18.1 Å². The Kier molecular flexibility index (Phi) is 6.08. The number of nitrogens with one attached hydrogen (secondary N) is 2. The molecule has 0 aliphatic rings. The average Bonchev–Trinajstić information content (AvgIpc) is 2.79. The summed E-state index contributed by atoms with van der Waals surface area (Å²) >= 11 is 0. The fourth-order valence-electron chi connectivity index (χ4n) is 3.52. The van der Waals surface area contributed by atoms with E-state index in [1.165, 1.54) is 35.8 Å². The first kappa shape index (κ1) is 22.4. The van der Waals surface area contributed by atoms with E-state index in [1.54, 1.807) is 30.3 Å². The van der Waals surface area contributed by atoms with Crippen LogP contribution in [-0.2, 0) is 21.4 Å². The van der Waals surface area contributed by atoms with E-state index in [4.69, 9.17) is 0 Å². The summed E-state index contributed by atoms with van der Waals surface area (Å²) in [5, 5.41) is 3.04. The smallest absolute Gasteiger partial charge is 0.266 e. The van der Waals surface area contributed by atoms with E-state index in [-0.39, 0.29) is 28.7 Å². The van der Waals surface area contributed by atoms with Crippen LogP contribution in [0, 0.1) is 6.92 Å². The lowest BCUT2D eigenvalue weighted by Gasteiger charge is -2.16. The predicted molar refractivity (Wildman–Crippen MR) is 127 cm³/mol. The van der Waals surface area contributed by atoms with Crippen LogP contribution >= 0.6 is 0 Å². The number of carbonyl (C=O) groups excluding carboxylic acids is 1. The number of sulfonamides is 1. The standard InChI is InChI=1S/C24H22N4O4S/c1-16-7-3-6-10-22(16)28-23(27-21-9-5-4-8-20(21)24(28)30)15-25-33(31,32)19-13-11-18(12-14-19)26-17(2)29/h3-14,25H,15H2,1-2H3,(H,26,29). The SMILES string of the molecule is CC(=O)Nc1ccc(S(=O)(=O)NCc2nc3ccccc3c(=O)n2-c2ccccc2C)cc1. The molecule has 0 aliphatic heterocycles. The molecule has 0 spiro atoms. The second kappa shape index (κ2) is 8.97. The third-order valence-electron chi connectivity index (χ3n) is 5.11. The number of rotatable bonds is 6. The summed E-state index contributed by atoms with van der Waals surface area (Å²) in [6.45, 7) is 3.06. The molecule has 8 nitrogen and oxygen atoms in total. The number of hydrogen-bond acceptors (Lipinski definition) is 5. The molecule has 0 unspecified atom stereocenters. The molecule has 1 amide bonds. The van der Waals surface area contributed by atoms with Gasteiger partial charge in [-0.2, -0.15) is 0 Å². The molecule has 0 atom stereocenters. The zero-order chi connectivity index (χ0) is 23.6. The van der Waals surface area contributed by atoms with Gasteiger partial charge in [-0.15, -0.1) is 0 Å². The van der Waals surface area contributed by atoms with Gasteiger partial charge in [-0.05, 0) is 55.0 Å². The van der Waals surface area contributed by atoms with Gasteiger partial charge in [0.1, 0.15) is 5.82 Å². The maximum absolute atomic E-state index is 13.3. The van der Waals surface area contributed by atoms with E-state index in [0.29, 0.717) is 22.3 Å². The number of nitrogens with zero attached hydrogens (tertiary/aromatic N) is 2. The summed E-state index contributed by atoms with van der Waals surface area (Å²) in [6.07, 6.45) is 0. The number of carbonyl (C=O) groups is 1. The van der Waals surface area contributed by atoms with Crippen molar-refractivity contribution in [1.29, 1.82) is 0 Å². The summed E-state index contributed by atoms with van der Waals surface area (Å²) in [6, 6.07) is 20.1. The van der Waals surface area contributed by atoms with Gasteiger partial charge in [0.25, 0.3) is 5.56 Å². The largest absolute Gasteiger partial charge is 0.326 e. The number of benzene rings is 3. The van der Waals surface area contributed by atoms with Crippen LogP contribution in [-0.4, -0.2) is 23.9 Å². The highest BCUT2D eigenvalue weighted by molar-refractivity contribution is 7.89. The van der Waals surface area contributed by atoms with Crippen LogP contribution < -0.4 is 15.6 Å². The van der Waals surface area contributed by atoms with Gasteiger partial charge < -0.3 is 5.32 Å². The number of amides is 1. The average molecular weight is 463 g/mol. The Morgan fingerprint density at radius 2 is 1.64 bits per heavy atom. The normalized spacial score (nSPS) is 11.5. The van der Waals surface area contributed by atoms with Gasteiger partial charge in [0.05, 0.1) is 28.0 Å². The van der Waals surface area contributed by atoms with Crippen LogP contribution in [0.3, 0.4) is 0 Å². The number of anilines is 1. The molecule has 0 radical (unpaired) electrons. The molecule has 168 valence electrons.